The van der Waals surface area contributed by atoms with Gasteiger partial charge in [0.25, 0.3) is 0 Å². The predicted octanol–water partition coefficient (Wildman–Crippen LogP) is 4.35. The summed E-state index contributed by atoms with van der Waals surface area (Å²) in [4.78, 5) is 0. The van der Waals surface area contributed by atoms with Crippen LogP contribution in [0.5, 0.6) is 0 Å². The van der Waals surface area contributed by atoms with Crippen molar-refractivity contribution >= 4 is 8.17 Å². The number of hydrogen-bond acceptors (Lipinski definition) is 6. The van der Waals surface area contributed by atoms with Crippen LogP contribution < -0.4 is 0 Å². The monoisotopic (exact) mass is 311 g/mol. The second-order valence-corrected chi connectivity index (χ2v) is 6.64. The highest BCUT2D eigenvalue weighted by Gasteiger charge is 2.53. The topological polar surface area (TPSA) is 66.4 Å². The SMILES string of the molecule is CCO/C(O)=C/O[P+](OC(C)C)(OC(C)C)OC(C)C. The maximum absolute atomic E-state index is 9.48. The second-order valence-electron chi connectivity index (χ2n) is 4.90. The molecule has 0 aromatic rings. The van der Waals surface area contributed by atoms with E-state index in [-0.39, 0.29) is 24.3 Å². The number of aliphatic hydroxyl groups is 1. The minimum Gasteiger partial charge on any atom is -0.479 e. The van der Waals surface area contributed by atoms with Crippen molar-refractivity contribution in [3.05, 3.63) is 12.2 Å². The summed E-state index contributed by atoms with van der Waals surface area (Å²) >= 11 is 0. The maximum Gasteiger partial charge on any atom is 0.622 e. The van der Waals surface area contributed by atoms with Crippen LogP contribution >= 0.6 is 8.17 Å². The number of hydrogen-bond donors (Lipinski definition) is 1. The summed E-state index contributed by atoms with van der Waals surface area (Å²) in [6, 6.07) is 0. The molecule has 0 saturated heterocycles. The van der Waals surface area contributed by atoms with Gasteiger partial charge in [-0.15, -0.1) is 13.6 Å². The third-order valence-electron chi connectivity index (χ3n) is 1.59. The van der Waals surface area contributed by atoms with Gasteiger partial charge < -0.3 is 9.84 Å². The molecular formula is C13H28O6P+. The van der Waals surface area contributed by atoms with Crippen molar-refractivity contribution in [2.45, 2.75) is 66.8 Å². The summed E-state index contributed by atoms with van der Waals surface area (Å²) in [6.07, 6.45) is 0.611. The van der Waals surface area contributed by atoms with Crippen LogP contribution in [-0.4, -0.2) is 30.0 Å². The van der Waals surface area contributed by atoms with E-state index in [9.17, 15) is 5.11 Å². The van der Waals surface area contributed by atoms with Crippen LogP contribution in [0.1, 0.15) is 48.5 Å². The molecule has 20 heavy (non-hydrogen) atoms. The molecule has 120 valence electrons. The molecule has 7 heteroatoms. The molecule has 0 heterocycles. The lowest BCUT2D eigenvalue weighted by Crippen LogP contribution is -2.19. The van der Waals surface area contributed by atoms with Gasteiger partial charge in [-0.3, -0.25) is 4.52 Å². The van der Waals surface area contributed by atoms with Crippen LogP contribution in [0.2, 0.25) is 0 Å². The highest BCUT2D eigenvalue weighted by atomic mass is 31.2. The summed E-state index contributed by atoms with van der Waals surface area (Å²) in [5, 5.41) is 9.48. The van der Waals surface area contributed by atoms with Gasteiger partial charge in [0.05, 0.1) is 6.61 Å². The van der Waals surface area contributed by atoms with Gasteiger partial charge in [-0.1, -0.05) is 0 Å². The number of aliphatic hydroxyl groups excluding tert-OH is 1. The summed E-state index contributed by atoms with van der Waals surface area (Å²) in [7, 11) is -3.06. The summed E-state index contributed by atoms with van der Waals surface area (Å²) < 4.78 is 27.5. The zero-order valence-electron chi connectivity index (χ0n) is 13.5. The third kappa shape index (κ3) is 8.59. The minimum atomic E-state index is -3.06. The van der Waals surface area contributed by atoms with Gasteiger partial charge in [-0.25, -0.2) is 0 Å². The smallest absolute Gasteiger partial charge is 0.479 e. The molecule has 0 aliphatic heterocycles. The molecule has 0 rings (SSSR count). The highest BCUT2D eigenvalue weighted by molar-refractivity contribution is 7.56. The van der Waals surface area contributed by atoms with E-state index < -0.39 is 8.17 Å². The zero-order chi connectivity index (χ0) is 15.8. The molecule has 1 N–H and O–H groups in total. The molecule has 0 aromatic carbocycles. The molecule has 0 aliphatic rings. The van der Waals surface area contributed by atoms with E-state index in [4.69, 9.17) is 22.8 Å². The normalized spacial score (nSPS) is 13.4. The van der Waals surface area contributed by atoms with Gasteiger partial charge in [-0.2, -0.15) is 0 Å². The van der Waals surface area contributed by atoms with E-state index in [1.165, 1.54) is 0 Å². The van der Waals surface area contributed by atoms with Crippen molar-refractivity contribution in [2.24, 2.45) is 0 Å². The van der Waals surface area contributed by atoms with Gasteiger partial charge in [0, 0.05) is 0 Å². The minimum absolute atomic E-state index is 0.150. The molecule has 0 bridgehead atoms. The first-order valence-electron chi connectivity index (χ1n) is 6.85. The molecule has 0 aliphatic carbocycles. The molecule has 0 fully saturated rings. The lowest BCUT2D eigenvalue weighted by molar-refractivity contribution is 0.0175. The zero-order valence-corrected chi connectivity index (χ0v) is 14.3. The molecular weight excluding hydrogens is 283 g/mol. The van der Waals surface area contributed by atoms with Crippen molar-refractivity contribution in [3.63, 3.8) is 0 Å². The first-order chi connectivity index (χ1) is 9.20. The molecule has 0 atom stereocenters. The Morgan fingerprint density at radius 2 is 1.35 bits per heavy atom. The summed E-state index contributed by atoms with van der Waals surface area (Å²) in [5.41, 5.74) is 0. The van der Waals surface area contributed by atoms with Gasteiger partial charge in [-0.05, 0) is 48.5 Å². The molecule has 0 aromatic heterocycles. The molecule has 0 unspecified atom stereocenters. The van der Waals surface area contributed by atoms with Crippen LogP contribution in [0.4, 0.5) is 0 Å². The first-order valence-corrected chi connectivity index (χ1v) is 8.31. The Morgan fingerprint density at radius 3 is 1.65 bits per heavy atom. The Bertz CT molecular complexity index is 264. The van der Waals surface area contributed by atoms with Crippen molar-refractivity contribution < 1.29 is 27.9 Å². The van der Waals surface area contributed by atoms with Crippen LogP contribution in [0.3, 0.4) is 0 Å². The quantitative estimate of drug-likeness (QED) is 0.478. The van der Waals surface area contributed by atoms with Gasteiger partial charge in [0.15, 0.2) is 0 Å². The molecule has 0 saturated carbocycles. The van der Waals surface area contributed by atoms with Crippen LogP contribution in [-0.2, 0) is 22.8 Å². The Labute approximate surface area is 122 Å². The fourth-order valence-electron chi connectivity index (χ4n) is 1.22. The van der Waals surface area contributed by atoms with Gasteiger partial charge >= 0.3 is 14.1 Å². The molecule has 0 radical (unpaired) electrons. The van der Waals surface area contributed by atoms with Gasteiger partial charge in [0.2, 0.25) is 6.26 Å². The Hall–Kier alpha value is -0.550. The van der Waals surface area contributed by atoms with E-state index in [1.54, 1.807) is 6.92 Å². The third-order valence-corrected chi connectivity index (χ3v) is 4.00. The second kappa shape index (κ2) is 9.40. The summed E-state index contributed by atoms with van der Waals surface area (Å²) in [6.45, 7) is 13.2. The molecule has 0 spiro atoms. The van der Waals surface area contributed by atoms with E-state index >= 15 is 0 Å². The average Bonchev–Trinajstić information content (AvgIpc) is 2.23. The number of rotatable bonds is 10. The lowest BCUT2D eigenvalue weighted by Gasteiger charge is -2.23. The lowest BCUT2D eigenvalue weighted by atomic mass is 10.5. The highest BCUT2D eigenvalue weighted by Crippen LogP contribution is 2.65. The van der Waals surface area contributed by atoms with E-state index in [0.29, 0.717) is 6.61 Å². The molecule has 0 amide bonds. The summed E-state index contributed by atoms with van der Waals surface area (Å²) in [5.74, 6) is -0.344. The van der Waals surface area contributed by atoms with Gasteiger partial charge in [0.1, 0.15) is 18.3 Å². The number of ether oxygens (including phenoxy) is 1. The Morgan fingerprint density at radius 1 is 0.950 bits per heavy atom. The van der Waals surface area contributed by atoms with Crippen LogP contribution in [0, 0.1) is 0 Å². The predicted molar refractivity (Wildman–Crippen MR) is 79.0 cm³/mol. The van der Waals surface area contributed by atoms with Crippen LogP contribution in [0.25, 0.3) is 0 Å². The van der Waals surface area contributed by atoms with E-state index in [2.05, 4.69) is 0 Å². The standard InChI is InChI=1S/C13H27O6P/c1-8-15-13(14)9-16-20(17-10(2)3,18-11(4)5)19-12(6)7/h9-12H,8H2,1-7H3/p+1/b13-9+. The first kappa shape index (κ1) is 19.4. The Kier molecular flexibility index (Phi) is 9.14. The fourth-order valence-corrected chi connectivity index (χ4v) is 3.28. The fraction of sp³-hybridized carbons (Fsp3) is 0.846. The Balaban J connectivity index is 5.08. The van der Waals surface area contributed by atoms with E-state index in [1.807, 2.05) is 41.5 Å². The van der Waals surface area contributed by atoms with Crippen LogP contribution in [0.15, 0.2) is 12.2 Å². The van der Waals surface area contributed by atoms with Crippen molar-refractivity contribution in [2.75, 3.05) is 6.61 Å². The van der Waals surface area contributed by atoms with E-state index in [0.717, 1.165) is 6.26 Å². The largest absolute Gasteiger partial charge is 0.622 e. The van der Waals surface area contributed by atoms with Crippen molar-refractivity contribution in [3.8, 4) is 0 Å². The molecule has 6 nitrogen and oxygen atoms in total. The maximum atomic E-state index is 9.48. The van der Waals surface area contributed by atoms with Crippen molar-refractivity contribution in [1.82, 2.24) is 0 Å². The average molecular weight is 311 g/mol. The van der Waals surface area contributed by atoms with Crippen molar-refractivity contribution in [1.29, 1.82) is 0 Å².